The van der Waals surface area contributed by atoms with Crippen LogP contribution < -0.4 is 10.3 Å². The van der Waals surface area contributed by atoms with Crippen molar-refractivity contribution in [3.05, 3.63) is 108 Å². The molecule has 8 nitrogen and oxygen atoms in total. The molecule has 36 heavy (non-hydrogen) atoms. The third kappa shape index (κ3) is 5.33. The number of benzene rings is 3. The van der Waals surface area contributed by atoms with Crippen molar-refractivity contribution in [1.29, 1.82) is 0 Å². The van der Waals surface area contributed by atoms with E-state index in [1.54, 1.807) is 24.3 Å². The number of hydrogen-bond donors (Lipinski definition) is 0. The van der Waals surface area contributed by atoms with Crippen LogP contribution in [-0.2, 0) is 6.61 Å². The van der Waals surface area contributed by atoms with E-state index in [0.29, 0.717) is 22.3 Å². The van der Waals surface area contributed by atoms with Gasteiger partial charge < -0.3 is 4.74 Å². The van der Waals surface area contributed by atoms with Gasteiger partial charge in [-0.1, -0.05) is 48.0 Å². The second-order valence-corrected chi connectivity index (χ2v) is 9.09. The first-order valence-electron chi connectivity index (χ1n) is 11.2. The summed E-state index contributed by atoms with van der Waals surface area (Å²) in [5.41, 5.74) is 0.720. The fourth-order valence-corrected chi connectivity index (χ4v) is 3.99. The summed E-state index contributed by atoms with van der Waals surface area (Å²) in [6.45, 7) is 3.84. The lowest BCUT2D eigenvalue weighted by Gasteiger charge is -2.14. The topological polar surface area (TPSA) is 99.6 Å². The zero-order chi connectivity index (χ0) is 25.8. The van der Waals surface area contributed by atoms with E-state index in [1.165, 1.54) is 41.2 Å². The van der Waals surface area contributed by atoms with Crippen LogP contribution in [0.2, 0.25) is 0 Å². The Bertz CT molecular complexity index is 1540. The molecule has 184 valence electrons. The third-order valence-electron chi connectivity index (χ3n) is 5.69. The van der Waals surface area contributed by atoms with Gasteiger partial charge >= 0.3 is 5.69 Å². The largest absolute Gasteiger partial charge is 0.481 e. The van der Waals surface area contributed by atoms with Gasteiger partial charge in [-0.2, -0.15) is 9.78 Å². The van der Waals surface area contributed by atoms with Crippen molar-refractivity contribution >= 4 is 38.7 Å². The molecular formula is C26H22BrFN4O4. The quantitative estimate of drug-likeness (QED) is 0.147. The van der Waals surface area contributed by atoms with Crippen LogP contribution in [0.5, 0.6) is 5.75 Å². The summed E-state index contributed by atoms with van der Waals surface area (Å²) in [7, 11) is 0. The van der Waals surface area contributed by atoms with Crippen molar-refractivity contribution in [3.8, 4) is 5.75 Å². The van der Waals surface area contributed by atoms with E-state index in [9.17, 15) is 19.3 Å². The highest BCUT2D eigenvalue weighted by atomic mass is 79.9. The molecule has 3 aromatic carbocycles. The van der Waals surface area contributed by atoms with Crippen LogP contribution in [0.25, 0.3) is 10.9 Å². The molecule has 0 bridgehead atoms. The number of aromatic nitrogens is 2. The number of hydrogen-bond acceptors (Lipinski definition) is 6. The first-order chi connectivity index (χ1) is 17.3. The Labute approximate surface area is 214 Å². The summed E-state index contributed by atoms with van der Waals surface area (Å²) in [6, 6.07) is 15.4. The van der Waals surface area contributed by atoms with Crippen LogP contribution in [0.3, 0.4) is 0 Å². The Morgan fingerprint density at radius 3 is 2.72 bits per heavy atom. The van der Waals surface area contributed by atoms with Gasteiger partial charge in [-0.3, -0.25) is 14.9 Å². The van der Waals surface area contributed by atoms with Crippen molar-refractivity contribution < 1.29 is 14.1 Å². The van der Waals surface area contributed by atoms with Crippen molar-refractivity contribution in [1.82, 2.24) is 9.66 Å². The number of nitro groups is 1. The summed E-state index contributed by atoms with van der Waals surface area (Å²) in [4.78, 5) is 29.1. The number of fused-ring (bicyclic) bond motifs is 1. The first kappa shape index (κ1) is 25.2. The molecule has 0 radical (unpaired) electrons. The Morgan fingerprint density at radius 1 is 1.22 bits per heavy atom. The zero-order valence-corrected chi connectivity index (χ0v) is 21.1. The molecule has 1 aromatic heterocycles. The van der Waals surface area contributed by atoms with Crippen LogP contribution in [0, 0.1) is 15.9 Å². The van der Waals surface area contributed by atoms with Crippen LogP contribution in [0.15, 0.2) is 75.0 Å². The number of para-hydroxylation sites is 1. The average molecular weight is 553 g/mol. The second kappa shape index (κ2) is 10.8. The summed E-state index contributed by atoms with van der Waals surface area (Å²) >= 11 is 3.38. The first-order valence-corrected chi connectivity index (χ1v) is 12.0. The molecule has 0 aliphatic carbocycles. The molecule has 0 aliphatic heterocycles. The van der Waals surface area contributed by atoms with Gasteiger partial charge in [-0.05, 0) is 48.4 Å². The molecule has 0 unspecified atom stereocenters. The molecule has 0 amide bonds. The molecule has 0 saturated heterocycles. The van der Waals surface area contributed by atoms with Gasteiger partial charge in [0.15, 0.2) is 0 Å². The molecule has 10 heteroatoms. The molecule has 1 heterocycles. The molecule has 4 aromatic rings. The molecule has 0 spiro atoms. The maximum atomic E-state index is 13.6. The van der Waals surface area contributed by atoms with E-state index >= 15 is 0 Å². The minimum absolute atomic E-state index is 0.0369. The highest BCUT2D eigenvalue weighted by Crippen LogP contribution is 2.31. The molecule has 1 atom stereocenters. The Hall–Kier alpha value is -3.92. The molecule has 0 saturated carbocycles. The summed E-state index contributed by atoms with van der Waals surface area (Å²) in [6.07, 6.45) is 2.06. The monoisotopic (exact) mass is 552 g/mol. The van der Waals surface area contributed by atoms with E-state index in [-0.39, 0.29) is 35.1 Å². The second-order valence-electron chi connectivity index (χ2n) is 8.17. The maximum absolute atomic E-state index is 13.6. The highest BCUT2D eigenvalue weighted by Gasteiger charge is 2.20. The number of halogens is 2. The standard InChI is InChI=1S/C26H22BrFN4O4/c1-3-16(2)25-30-22-11-10-19(27)13-21(22)26(33)31(25)29-14-18-7-5-9-23(32(34)35)24(18)36-15-17-6-4-8-20(28)12-17/h4-14,16H,3,15H2,1-2H3/t16-/m1/s1. The van der Waals surface area contributed by atoms with Crippen LogP contribution in [0.1, 0.15) is 43.1 Å². The summed E-state index contributed by atoms with van der Waals surface area (Å²) < 4.78 is 21.3. The van der Waals surface area contributed by atoms with Gasteiger partial charge in [0.1, 0.15) is 18.2 Å². The average Bonchev–Trinajstić information content (AvgIpc) is 2.86. The summed E-state index contributed by atoms with van der Waals surface area (Å²) in [5, 5.41) is 16.5. The third-order valence-corrected chi connectivity index (χ3v) is 6.19. The maximum Gasteiger partial charge on any atom is 0.311 e. The normalized spacial score (nSPS) is 12.2. The van der Waals surface area contributed by atoms with Gasteiger partial charge in [0.25, 0.3) is 5.56 Å². The molecule has 0 N–H and O–H groups in total. The van der Waals surface area contributed by atoms with Crippen LogP contribution in [-0.4, -0.2) is 20.8 Å². The highest BCUT2D eigenvalue weighted by molar-refractivity contribution is 9.10. The zero-order valence-electron chi connectivity index (χ0n) is 19.5. The number of rotatable bonds is 8. The minimum Gasteiger partial charge on any atom is -0.481 e. The smallest absolute Gasteiger partial charge is 0.311 e. The fraction of sp³-hybridized carbons (Fsp3) is 0.192. The van der Waals surface area contributed by atoms with Gasteiger partial charge in [-0.15, -0.1) is 0 Å². The predicted octanol–water partition coefficient (Wildman–Crippen LogP) is 6.18. The minimum atomic E-state index is -0.565. The van der Waals surface area contributed by atoms with E-state index in [1.807, 2.05) is 19.9 Å². The predicted molar refractivity (Wildman–Crippen MR) is 139 cm³/mol. The molecule has 4 rings (SSSR count). The lowest BCUT2D eigenvalue weighted by Crippen LogP contribution is -2.23. The summed E-state index contributed by atoms with van der Waals surface area (Å²) in [5.74, 6) is -0.0732. The lowest BCUT2D eigenvalue weighted by atomic mass is 10.1. The molecular weight excluding hydrogens is 531 g/mol. The Balaban J connectivity index is 1.80. The van der Waals surface area contributed by atoms with E-state index in [2.05, 4.69) is 26.0 Å². The Kier molecular flexibility index (Phi) is 7.54. The lowest BCUT2D eigenvalue weighted by molar-refractivity contribution is -0.385. The van der Waals surface area contributed by atoms with Crippen LogP contribution in [0.4, 0.5) is 10.1 Å². The van der Waals surface area contributed by atoms with Crippen molar-refractivity contribution in [2.75, 3.05) is 0 Å². The van der Waals surface area contributed by atoms with Crippen molar-refractivity contribution in [3.63, 3.8) is 0 Å². The van der Waals surface area contributed by atoms with E-state index < -0.39 is 10.7 Å². The number of ether oxygens (including phenoxy) is 1. The number of nitro benzene ring substituents is 1. The van der Waals surface area contributed by atoms with Gasteiger partial charge in [0.05, 0.1) is 22.0 Å². The van der Waals surface area contributed by atoms with Gasteiger partial charge in [0.2, 0.25) is 5.75 Å². The fourth-order valence-electron chi connectivity index (χ4n) is 3.63. The Morgan fingerprint density at radius 2 is 2.00 bits per heavy atom. The van der Waals surface area contributed by atoms with Gasteiger partial charge in [-0.25, -0.2) is 9.37 Å². The van der Waals surface area contributed by atoms with Crippen molar-refractivity contribution in [2.24, 2.45) is 5.10 Å². The van der Waals surface area contributed by atoms with E-state index in [0.717, 1.165) is 10.9 Å². The van der Waals surface area contributed by atoms with Crippen LogP contribution >= 0.6 is 15.9 Å². The molecule has 0 aliphatic rings. The SMILES string of the molecule is CC[C@@H](C)c1nc2ccc(Br)cc2c(=O)n1N=Cc1cccc([N+](=O)[O-])c1OCc1cccc(F)c1. The van der Waals surface area contributed by atoms with Crippen molar-refractivity contribution in [2.45, 2.75) is 32.8 Å². The van der Waals surface area contributed by atoms with Gasteiger partial charge in [0, 0.05) is 22.0 Å². The van der Waals surface area contributed by atoms with E-state index in [4.69, 9.17) is 4.74 Å². The number of nitrogens with zero attached hydrogens (tertiary/aromatic N) is 4. The molecule has 0 fully saturated rings.